The van der Waals surface area contributed by atoms with Crippen molar-refractivity contribution in [2.45, 2.75) is 18.9 Å². The molecule has 0 radical (unpaired) electrons. The predicted octanol–water partition coefficient (Wildman–Crippen LogP) is 0.834. The molecule has 20 heavy (non-hydrogen) atoms. The summed E-state index contributed by atoms with van der Waals surface area (Å²) in [7, 11) is 3.00. The number of rotatable bonds is 7. The summed E-state index contributed by atoms with van der Waals surface area (Å²) in [6.45, 7) is 0. The van der Waals surface area contributed by atoms with Gasteiger partial charge in [0.1, 0.15) is 11.5 Å². The second-order valence-electron chi connectivity index (χ2n) is 4.13. The van der Waals surface area contributed by atoms with Crippen molar-refractivity contribution in [2.24, 2.45) is 5.73 Å². The molecular formula is C13H18N2O5. The van der Waals surface area contributed by atoms with Crippen molar-refractivity contribution in [3.05, 3.63) is 18.2 Å². The second kappa shape index (κ2) is 7.34. The van der Waals surface area contributed by atoms with Crippen LogP contribution in [0.5, 0.6) is 11.5 Å². The summed E-state index contributed by atoms with van der Waals surface area (Å²) < 4.78 is 10.2. The molecule has 4 N–H and O–H groups in total. The first-order valence-corrected chi connectivity index (χ1v) is 5.97. The van der Waals surface area contributed by atoms with Crippen LogP contribution in [0.15, 0.2) is 18.2 Å². The van der Waals surface area contributed by atoms with Gasteiger partial charge >= 0.3 is 5.97 Å². The Balaban J connectivity index is 2.71. The van der Waals surface area contributed by atoms with E-state index in [-0.39, 0.29) is 12.8 Å². The van der Waals surface area contributed by atoms with E-state index in [1.165, 1.54) is 14.2 Å². The molecule has 0 aliphatic rings. The van der Waals surface area contributed by atoms with Gasteiger partial charge in [-0.15, -0.1) is 0 Å². The Bertz CT molecular complexity index is 467. The number of aliphatic carboxylic acids is 1. The van der Waals surface area contributed by atoms with Gasteiger partial charge in [0.15, 0.2) is 0 Å². The van der Waals surface area contributed by atoms with Crippen LogP contribution in [0.3, 0.4) is 0 Å². The van der Waals surface area contributed by atoms with Crippen LogP contribution in [0.4, 0.5) is 5.69 Å². The number of hydrogen-bond donors (Lipinski definition) is 3. The third-order valence-corrected chi connectivity index (χ3v) is 2.62. The first-order valence-electron chi connectivity index (χ1n) is 5.97. The van der Waals surface area contributed by atoms with Crippen LogP contribution in [0, 0.1) is 0 Å². The molecule has 7 heteroatoms. The fraction of sp³-hybridized carbons (Fsp3) is 0.385. The Morgan fingerprint density at radius 3 is 2.25 bits per heavy atom. The quantitative estimate of drug-likeness (QED) is 0.683. The number of amides is 1. The number of anilines is 1. The van der Waals surface area contributed by atoms with Crippen molar-refractivity contribution in [3.63, 3.8) is 0 Å². The van der Waals surface area contributed by atoms with Gasteiger partial charge < -0.3 is 25.6 Å². The third kappa shape index (κ3) is 4.77. The lowest BCUT2D eigenvalue weighted by Gasteiger charge is -2.13. The molecule has 1 aromatic carbocycles. The third-order valence-electron chi connectivity index (χ3n) is 2.62. The molecule has 0 heterocycles. The van der Waals surface area contributed by atoms with Gasteiger partial charge in [-0.05, 0) is 6.42 Å². The Labute approximate surface area is 116 Å². The molecule has 0 bridgehead atoms. The highest BCUT2D eigenvalue weighted by molar-refractivity contribution is 5.95. The molecule has 0 saturated carbocycles. The van der Waals surface area contributed by atoms with Crippen molar-refractivity contribution in [2.75, 3.05) is 19.5 Å². The van der Waals surface area contributed by atoms with E-state index in [0.717, 1.165) is 0 Å². The monoisotopic (exact) mass is 282 g/mol. The second-order valence-corrected chi connectivity index (χ2v) is 4.13. The molecule has 0 aliphatic carbocycles. The average Bonchev–Trinajstić information content (AvgIpc) is 2.43. The van der Waals surface area contributed by atoms with Gasteiger partial charge in [0.05, 0.1) is 20.3 Å². The van der Waals surface area contributed by atoms with Crippen molar-refractivity contribution >= 4 is 17.6 Å². The maximum atomic E-state index is 11.8. The molecule has 0 aliphatic heterocycles. The van der Waals surface area contributed by atoms with Gasteiger partial charge in [0, 0.05) is 30.3 Å². The van der Waals surface area contributed by atoms with Gasteiger partial charge in [-0.2, -0.15) is 0 Å². The van der Waals surface area contributed by atoms with E-state index in [1.54, 1.807) is 18.2 Å². The fourth-order valence-electron chi connectivity index (χ4n) is 1.52. The molecule has 0 saturated heterocycles. The van der Waals surface area contributed by atoms with Gasteiger partial charge in [-0.1, -0.05) is 0 Å². The number of carbonyl (C=O) groups is 2. The molecule has 1 unspecified atom stereocenters. The highest BCUT2D eigenvalue weighted by atomic mass is 16.5. The molecule has 1 aromatic rings. The summed E-state index contributed by atoms with van der Waals surface area (Å²) in [4.78, 5) is 22.2. The van der Waals surface area contributed by atoms with E-state index in [9.17, 15) is 9.59 Å². The van der Waals surface area contributed by atoms with Crippen molar-refractivity contribution < 1.29 is 24.2 Å². The fourth-order valence-corrected chi connectivity index (χ4v) is 1.52. The van der Waals surface area contributed by atoms with Crippen LogP contribution in [0.2, 0.25) is 0 Å². The molecule has 7 nitrogen and oxygen atoms in total. The number of carboxylic acids is 1. The molecule has 1 atom stereocenters. The number of carbonyl (C=O) groups excluding carboxylic acids is 1. The zero-order chi connectivity index (χ0) is 15.1. The molecular weight excluding hydrogens is 264 g/mol. The van der Waals surface area contributed by atoms with Crippen molar-refractivity contribution in [3.8, 4) is 11.5 Å². The highest BCUT2D eigenvalue weighted by Gasteiger charge is 2.15. The van der Waals surface area contributed by atoms with E-state index in [2.05, 4.69) is 5.32 Å². The van der Waals surface area contributed by atoms with E-state index in [0.29, 0.717) is 17.2 Å². The normalized spacial score (nSPS) is 11.6. The summed E-state index contributed by atoms with van der Waals surface area (Å²) in [6.07, 6.45) is -0.0850. The minimum Gasteiger partial charge on any atom is -0.497 e. The smallest absolute Gasteiger partial charge is 0.303 e. The zero-order valence-electron chi connectivity index (χ0n) is 11.4. The number of nitrogens with two attached hydrogens (primary N) is 1. The SMILES string of the molecule is COc1cc(NC(=O)C(N)CCC(=O)O)cc(OC)c1. The maximum Gasteiger partial charge on any atom is 0.303 e. The van der Waals surface area contributed by atoms with Gasteiger partial charge in [0.25, 0.3) is 0 Å². The number of ether oxygens (including phenoxy) is 2. The Morgan fingerprint density at radius 2 is 1.80 bits per heavy atom. The van der Waals surface area contributed by atoms with Crippen molar-refractivity contribution in [1.29, 1.82) is 0 Å². The number of nitrogens with one attached hydrogen (secondary N) is 1. The lowest BCUT2D eigenvalue weighted by molar-refractivity contribution is -0.137. The lowest BCUT2D eigenvalue weighted by atomic mass is 10.1. The predicted molar refractivity (Wildman–Crippen MR) is 73.0 cm³/mol. The van der Waals surface area contributed by atoms with E-state index in [1.807, 2.05) is 0 Å². The van der Waals surface area contributed by atoms with Gasteiger partial charge in [-0.3, -0.25) is 9.59 Å². The van der Waals surface area contributed by atoms with Crippen molar-refractivity contribution in [1.82, 2.24) is 0 Å². The Morgan fingerprint density at radius 1 is 1.25 bits per heavy atom. The van der Waals surface area contributed by atoms with Crippen LogP contribution in [-0.4, -0.2) is 37.2 Å². The Hall–Kier alpha value is -2.28. The molecule has 1 rings (SSSR count). The summed E-state index contributed by atoms with van der Waals surface area (Å²) in [6, 6.07) is 4.01. The van der Waals surface area contributed by atoms with E-state index >= 15 is 0 Å². The van der Waals surface area contributed by atoms with Crippen LogP contribution in [0.25, 0.3) is 0 Å². The van der Waals surface area contributed by atoms with E-state index < -0.39 is 17.9 Å². The number of benzene rings is 1. The summed E-state index contributed by atoms with van der Waals surface area (Å²) in [5.41, 5.74) is 6.09. The first kappa shape index (κ1) is 15.8. The molecule has 0 aromatic heterocycles. The first-order chi connectivity index (χ1) is 9.46. The van der Waals surface area contributed by atoms with Crippen LogP contribution < -0.4 is 20.5 Å². The lowest BCUT2D eigenvalue weighted by Crippen LogP contribution is -2.36. The number of carboxylic acid groups (broad SMARTS) is 1. The zero-order valence-corrected chi connectivity index (χ0v) is 11.4. The minimum atomic E-state index is -0.990. The average molecular weight is 282 g/mol. The topological polar surface area (TPSA) is 111 Å². The van der Waals surface area contributed by atoms with Crippen LogP contribution in [0.1, 0.15) is 12.8 Å². The van der Waals surface area contributed by atoms with Gasteiger partial charge in [0.2, 0.25) is 5.91 Å². The van der Waals surface area contributed by atoms with Crippen LogP contribution >= 0.6 is 0 Å². The molecule has 0 spiro atoms. The summed E-state index contributed by atoms with van der Waals surface area (Å²) >= 11 is 0. The molecule has 0 fully saturated rings. The minimum absolute atomic E-state index is 0.0717. The number of hydrogen-bond acceptors (Lipinski definition) is 5. The molecule has 110 valence electrons. The van der Waals surface area contributed by atoms with Crippen LogP contribution in [-0.2, 0) is 9.59 Å². The highest BCUT2D eigenvalue weighted by Crippen LogP contribution is 2.25. The maximum absolute atomic E-state index is 11.8. The molecule has 1 amide bonds. The largest absolute Gasteiger partial charge is 0.497 e. The summed E-state index contributed by atoms with van der Waals surface area (Å²) in [5, 5.41) is 11.1. The van der Waals surface area contributed by atoms with Gasteiger partial charge in [-0.25, -0.2) is 0 Å². The Kier molecular flexibility index (Phi) is 5.79. The number of methoxy groups -OCH3 is 2. The van der Waals surface area contributed by atoms with E-state index in [4.69, 9.17) is 20.3 Å². The standard InChI is InChI=1S/C13H18N2O5/c1-19-9-5-8(6-10(7-9)20-2)15-13(18)11(14)3-4-12(16)17/h5-7,11H,3-4,14H2,1-2H3,(H,15,18)(H,16,17). The summed E-state index contributed by atoms with van der Waals surface area (Å²) in [5.74, 6) is -0.393.